The van der Waals surface area contributed by atoms with Gasteiger partial charge in [0, 0.05) is 31.5 Å². The Bertz CT molecular complexity index is 386. The molecule has 0 aliphatic heterocycles. The Morgan fingerprint density at radius 1 is 1.59 bits per heavy atom. The van der Waals surface area contributed by atoms with Crippen molar-refractivity contribution in [3.8, 4) is 0 Å². The summed E-state index contributed by atoms with van der Waals surface area (Å²) < 4.78 is 1.68. The molecular weight excluding hydrogens is 216 g/mol. The number of anilines is 1. The first-order valence-corrected chi connectivity index (χ1v) is 6.20. The van der Waals surface area contributed by atoms with Crippen molar-refractivity contribution < 1.29 is 0 Å². The molecule has 0 aliphatic carbocycles. The molecule has 0 spiro atoms. The van der Waals surface area contributed by atoms with Gasteiger partial charge < -0.3 is 15.6 Å². The van der Waals surface area contributed by atoms with Gasteiger partial charge in [-0.2, -0.15) is 0 Å². The first-order valence-electron chi connectivity index (χ1n) is 6.20. The summed E-state index contributed by atoms with van der Waals surface area (Å²) in [5.74, 6) is 0.436. The number of nitrogens with two attached hydrogens (primary N) is 1. The number of hydrogen-bond donors (Lipinski definition) is 2. The van der Waals surface area contributed by atoms with Crippen LogP contribution < -0.4 is 16.6 Å². The van der Waals surface area contributed by atoms with Gasteiger partial charge in [-0.05, 0) is 26.2 Å². The summed E-state index contributed by atoms with van der Waals surface area (Å²) in [5, 5.41) is 3.07. The Kier molecular flexibility index (Phi) is 5.69. The topological polar surface area (TPSA) is 72.9 Å². The number of aromatic nitrogens is 2. The van der Waals surface area contributed by atoms with Gasteiger partial charge in [-0.25, -0.2) is 4.98 Å². The molecule has 1 aromatic heterocycles. The van der Waals surface area contributed by atoms with Crippen LogP contribution in [-0.4, -0.2) is 22.1 Å². The highest BCUT2D eigenvalue weighted by atomic mass is 16.1. The highest BCUT2D eigenvalue weighted by molar-refractivity contribution is 5.30. The Balaban J connectivity index is 2.53. The molecule has 3 N–H and O–H groups in total. The number of nitrogens with one attached hydrogen (secondary N) is 1. The summed E-state index contributed by atoms with van der Waals surface area (Å²) in [6, 6.07) is 0.206. The molecule has 17 heavy (non-hydrogen) atoms. The number of aryl methyl sites for hydroxylation is 1. The second-order valence-electron chi connectivity index (χ2n) is 4.32. The predicted molar refractivity (Wildman–Crippen MR) is 70.2 cm³/mol. The van der Waals surface area contributed by atoms with E-state index in [1.165, 1.54) is 0 Å². The van der Waals surface area contributed by atoms with Crippen molar-refractivity contribution in [2.75, 3.05) is 11.9 Å². The van der Waals surface area contributed by atoms with Gasteiger partial charge in [-0.1, -0.05) is 6.92 Å². The molecule has 0 radical (unpaired) electrons. The van der Waals surface area contributed by atoms with E-state index in [4.69, 9.17) is 5.73 Å². The minimum absolute atomic E-state index is 0.0462. The van der Waals surface area contributed by atoms with Crippen LogP contribution in [0.2, 0.25) is 0 Å². The molecule has 1 rings (SSSR count). The predicted octanol–water partition coefficient (Wildman–Crippen LogP) is 1.19. The Morgan fingerprint density at radius 2 is 2.35 bits per heavy atom. The van der Waals surface area contributed by atoms with Crippen LogP contribution in [0.1, 0.15) is 33.1 Å². The van der Waals surface area contributed by atoms with E-state index in [2.05, 4.69) is 10.3 Å². The molecular formula is C12H22N4O. The van der Waals surface area contributed by atoms with Gasteiger partial charge in [0.2, 0.25) is 0 Å². The minimum atomic E-state index is -0.0462. The molecule has 0 saturated heterocycles. The molecule has 1 atom stereocenters. The molecule has 5 nitrogen and oxygen atoms in total. The lowest BCUT2D eigenvalue weighted by atomic mass is 10.2. The van der Waals surface area contributed by atoms with E-state index < -0.39 is 0 Å². The average Bonchev–Trinajstić information content (AvgIpc) is 2.29. The maximum Gasteiger partial charge on any atom is 0.293 e. The van der Waals surface area contributed by atoms with Gasteiger partial charge >= 0.3 is 0 Å². The largest absolute Gasteiger partial charge is 0.365 e. The second-order valence-corrected chi connectivity index (χ2v) is 4.32. The van der Waals surface area contributed by atoms with Crippen molar-refractivity contribution in [2.24, 2.45) is 5.73 Å². The van der Waals surface area contributed by atoms with Crippen LogP contribution in [0, 0.1) is 0 Å². The van der Waals surface area contributed by atoms with Crippen LogP contribution in [-0.2, 0) is 6.54 Å². The van der Waals surface area contributed by atoms with Crippen LogP contribution in [0.25, 0.3) is 0 Å². The average molecular weight is 238 g/mol. The van der Waals surface area contributed by atoms with Crippen LogP contribution in [0.4, 0.5) is 5.82 Å². The third-order valence-electron chi connectivity index (χ3n) is 2.51. The van der Waals surface area contributed by atoms with Crippen molar-refractivity contribution in [3.05, 3.63) is 22.7 Å². The molecule has 0 aromatic carbocycles. The monoisotopic (exact) mass is 238 g/mol. The highest BCUT2D eigenvalue weighted by Gasteiger charge is 2.03. The lowest BCUT2D eigenvalue weighted by molar-refractivity contribution is 0.633. The fourth-order valence-electron chi connectivity index (χ4n) is 1.62. The summed E-state index contributed by atoms with van der Waals surface area (Å²) >= 11 is 0. The fourth-order valence-corrected chi connectivity index (χ4v) is 1.62. The molecule has 1 unspecified atom stereocenters. The molecule has 96 valence electrons. The molecule has 5 heteroatoms. The van der Waals surface area contributed by atoms with Gasteiger partial charge in [0.15, 0.2) is 5.82 Å². The van der Waals surface area contributed by atoms with E-state index in [1.54, 1.807) is 17.0 Å². The first kappa shape index (κ1) is 13.7. The lowest BCUT2D eigenvalue weighted by Gasteiger charge is -2.08. The van der Waals surface area contributed by atoms with Crippen LogP contribution >= 0.6 is 0 Å². The van der Waals surface area contributed by atoms with Gasteiger partial charge in [-0.15, -0.1) is 0 Å². The summed E-state index contributed by atoms with van der Waals surface area (Å²) in [6.45, 7) is 5.49. The zero-order valence-electron chi connectivity index (χ0n) is 10.6. The van der Waals surface area contributed by atoms with Gasteiger partial charge in [0.25, 0.3) is 5.56 Å². The summed E-state index contributed by atoms with van der Waals surface area (Å²) in [6.07, 6.45) is 6.21. The smallest absolute Gasteiger partial charge is 0.293 e. The zero-order valence-corrected chi connectivity index (χ0v) is 10.6. The summed E-state index contributed by atoms with van der Waals surface area (Å²) in [4.78, 5) is 16.0. The lowest BCUT2D eigenvalue weighted by Crippen LogP contribution is -2.25. The normalized spacial score (nSPS) is 12.4. The Hall–Kier alpha value is -1.36. The second kappa shape index (κ2) is 7.06. The van der Waals surface area contributed by atoms with Crippen molar-refractivity contribution in [1.82, 2.24) is 9.55 Å². The van der Waals surface area contributed by atoms with Gasteiger partial charge in [-0.3, -0.25) is 4.79 Å². The van der Waals surface area contributed by atoms with E-state index in [0.29, 0.717) is 5.82 Å². The summed E-state index contributed by atoms with van der Waals surface area (Å²) in [7, 11) is 0. The number of rotatable bonds is 7. The zero-order chi connectivity index (χ0) is 12.7. The van der Waals surface area contributed by atoms with Gasteiger partial charge in [0.05, 0.1) is 0 Å². The Labute approximate surface area is 102 Å². The van der Waals surface area contributed by atoms with Crippen molar-refractivity contribution in [3.63, 3.8) is 0 Å². The van der Waals surface area contributed by atoms with E-state index in [-0.39, 0.29) is 11.6 Å². The minimum Gasteiger partial charge on any atom is -0.365 e. The molecule has 0 saturated carbocycles. The van der Waals surface area contributed by atoms with Crippen molar-refractivity contribution in [2.45, 2.75) is 45.7 Å². The van der Waals surface area contributed by atoms with Gasteiger partial charge in [0.1, 0.15) is 0 Å². The van der Waals surface area contributed by atoms with E-state index >= 15 is 0 Å². The maximum atomic E-state index is 11.9. The fraction of sp³-hybridized carbons (Fsp3) is 0.667. The summed E-state index contributed by atoms with van der Waals surface area (Å²) in [5.41, 5.74) is 5.61. The Morgan fingerprint density at radius 3 is 3.00 bits per heavy atom. The van der Waals surface area contributed by atoms with Crippen molar-refractivity contribution in [1.29, 1.82) is 0 Å². The van der Waals surface area contributed by atoms with E-state index in [0.717, 1.165) is 32.4 Å². The first-order chi connectivity index (χ1) is 8.15. The molecule has 0 aliphatic rings. The number of hydrogen-bond acceptors (Lipinski definition) is 4. The third-order valence-corrected chi connectivity index (χ3v) is 2.51. The molecule has 0 bridgehead atoms. The molecule has 1 heterocycles. The quantitative estimate of drug-likeness (QED) is 0.700. The van der Waals surface area contributed by atoms with E-state index in [9.17, 15) is 4.79 Å². The van der Waals surface area contributed by atoms with E-state index in [1.807, 2.05) is 13.8 Å². The van der Waals surface area contributed by atoms with Crippen LogP contribution in [0.5, 0.6) is 0 Å². The molecule has 0 amide bonds. The number of nitrogens with zero attached hydrogens (tertiary/aromatic N) is 2. The maximum absolute atomic E-state index is 11.9. The van der Waals surface area contributed by atoms with Crippen molar-refractivity contribution >= 4 is 5.82 Å². The molecule has 0 fully saturated rings. The molecule has 1 aromatic rings. The highest BCUT2D eigenvalue weighted by Crippen LogP contribution is 1.97. The van der Waals surface area contributed by atoms with Crippen LogP contribution in [0.15, 0.2) is 17.2 Å². The SMILES string of the molecule is CCCn1ccnc(NCCCC(C)N)c1=O. The van der Waals surface area contributed by atoms with Crippen LogP contribution in [0.3, 0.4) is 0 Å². The third kappa shape index (κ3) is 4.56. The standard InChI is InChI=1S/C12H22N4O/c1-3-8-16-9-7-15-11(12(16)17)14-6-4-5-10(2)13/h7,9-10H,3-6,8,13H2,1-2H3,(H,14,15).